The van der Waals surface area contributed by atoms with Gasteiger partial charge in [-0.1, -0.05) is 6.92 Å². The smallest absolute Gasteiger partial charge is 0.277 e. The van der Waals surface area contributed by atoms with Crippen molar-refractivity contribution in [3.05, 3.63) is 62.2 Å². The number of nitrogens with one attached hydrogen (secondary N) is 1. The lowest BCUT2D eigenvalue weighted by molar-refractivity contribution is -0.394. The molecule has 11 heteroatoms. The molecule has 0 radical (unpaired) electrons. The van der Waals surface area contributed by atoms with Gasteiger partial charge in [0.05, 0.1) is 27.2 Å². The number of hydrogen-bond acceptors (Lipinski definition) is 7. The van der Waals surface area contributed by atoms with Gasteiger partial charge in [0.25, 0.3) is 23.2 Å². The zero-order valence-corrected chi connectivity index (χ0v) is 16.2. The standard InChI is InChI=1S/C19H18N4O7/c1-3-6-21-16-9-13(4-5-17(16)30-11(2)19(21)25)20-18(24)12-7-14(22(26)27)10-15(8-12)23(28)29/h4-5,7-11H,3,6H2,1-2H3,(H,20,24). The average molecular weight is 414 g/mol. The zero-order chi connectivity index (χ0) is 22.0. The number of amides is 2. The van der Waals surface area contributed by atoms with E-state index >= 15 is 0 Å². The van der Waals surface area contributed by atoms with Crippen molar-refractivity contribution in [1.29, 1.82) is 0 Å². The van der Waals surface area contributed by atoms with Crippen molar-refractivity contribution < 1.29 is 24.2 Å². The van der Waals surface area contributed by atoms with E-state index < -0.39 is 33.2 Å². The second kappa shape index (κ2) is 8.15. The molecule has 0 saturated heterocycles. The summed E-state index contributed by atoms with van der Waals surface area (Å²) in [5.74, 6) is -0.484. The third-order valence-electron chi connectivity index (χ3n) is 4.46. The lowest BCUT2D eigenvalue weighted by Gasteiger charge is -2.33. The van der Waals surface area contributed by atoms with Gasteiger partial charge in [-0.25, -0.2) is 0 Å². The van der Waals surface area contributed by atoms with Crippen LogP contribution in [0.5, 0.6) is 5.75 Å². The van der Waals surface area contributed by atoms with Crippen LogP contribution in [0.4, 0.5) is 22.7 Å². The second-order valence-corrected chi connectivity index (χ2v) is 6.64. The van der Waals surface area contributed by atoms with Gasteiger partial charge in [0.1, 0.15) is 5.75 Å². The van der Waals surface area contributed by atoms with Crippen molar-refractivity contribution in [2.24, 2.45) is 0 Å². The summed E-state index contributed by atoms with van der Waals surface area (Å²) in [5.41, 5.74) is -0.577. The Labute approximate surface area is 170 Å². The maximum atomic E-state index is 12.6. The first-order valence-corrected chi connectivity index (χ1v) is 9.08. The molecule has 1 heterocycles. The molecule has 0 saturated carbocycles. The van der Waals surface area contributed by atoms with Gasteiger partial charge >= 0.3 is 0 Å². The van der Waals surface area contributed by atoms with E-state index in [1.807, 2.05) is 6.92 Å². The normalized spacial score (nSPS) is 15.2. The van der Waals surface area contributed by atoms with Crippen LogP contribution < -0.4 is 15.0 Å². The molecule has 1 unspecified atom stereocenters. The highest BCUT2D eigenvalue weighted by atomic mass is 16.6. The maximum Gasteiger partial charge on any atom is 0.277 e. The summed E-state index contributed by atoms with van der Waals surface area (Å²) in [4.78, 5) is 47.0. The largest absolute Gasteiger partial charge is 0.479 e. The van der Waals surface area contributed by atoms with Gasteiger partial charge in [0.2, 0.25) is 0 Å². The first kappa shape index (κ1) is 20.7. The minimum Gasteiger partial charge on any atom is -0.479 e. The SMILES string of the molecule is CCCN1C(=O)C(C)Oc2ccc(NC(=O)c3cc([N+](=O)[O-])cc([N+](=O)[O-])c3)cc21. The van der Waals surface area contributed by atoms with Gasteiger partial charge in [-0.05, 0) is 31.5 Å². The number of fused-ring (bicyclic) bond motifs is 1. The number of ether oxygens (including phenoxy) is 1. The minimum atomic E-state index is -0.810. The Kier molecular flexibility index (Phi) is 5.63. The fraction of sp³-hybridized carbons (Fsp3) is 0.263. The molecule has 0 bridgehead atoms. The fourth-order valence-corrected chi connectivity index (χ4v) is 3.08. The van der Waals surface area contributed by atoms with Gasteiger partial charge < -0.3 is 15.0 Å². The van der Waals surface area contributed by atoms with Gasteiger partial charge in [0, 0.05) is 24.4 Å². The van der Waals surface area contributed by atoms with Crippen molar-refractivity contribution in [2.45, 2.75) is 26.4 Å². The fourth-order valence-electron chi connectivity index (χ4n) is 3.08. The molecule has 2 amide bonds. The molecule has 0 spiro atoms. The van der Waals surface area contributed by atoms with Crippen LogP contribution in [0, 0.1) is 20.2 Å². The van der Waals surface area contributed by atoms with Crippen molar-refractivity contribution in [2.75, 3.05) is 16.8 Å². The number of benzene rings is 2. The van der Waals surface area contributed by atoms with Crippen molar-refractivity contribution in [1.82, 2.24) is 0 Å². The van der Waals surface area contributed by atoms with E-state index in [1.165, 1.54) is 0 Å². The number of nitrogens with zero attached hydrogens (tertiary/aromatic N) is 3. The van der Waals surface area contributed by atoms with E-state index in [0.29, 0.717) is 30.1 Å². The summed E-state index contributed by atoms with van der Waals surface area (Å²) in [7, 11) is 0. The molecule has 30 heavy (non-hydrogen) atoms. The lowest BCUT2D eigenvalue weighted by atomic mass is 10.1. The van der Waals surface area contributed by atoms with Crippen LogP contribution >= 0.6 is 0 Å². The Morgan fingerprint density at radius 2 is 1.77 bits per heavy atom. The Morgan fingerprint density at radius 1 is 1.13 bits per heavy atom. The number of carbonyl (C=O) groups excluding carboxylic acids is 2. The summed E-state index contributed by atoms with van der Waals surface area (Å²) in [6.45, 7) is 4.04. The van der Waals surface area contributed by atoms with Crippen molar-refractivity contribution in [3.8, 4) is 5.75 Å². The quantitative estimate of drug-likeness (QED) is 0.564. The Balaban J connectivity index is 1.92. The number of nitro benzene ring substituents is 2. The molecule has 0 aromatic heterocycles. The Bertz CT molecular complexity index is 1020. The number of nitro groups is 2. The van der Waals surface area contributed by atoms with E-state index in [-0.39, 0.29) is 11.5 Å². The Morgan fingerprint density at radius 3 is 2.33 bits per heavy atom. The van der Waals surface area contributed by atoms with Crippen LogP contribution in [0.25, 0.3) is 0 Å². The number of rotatable bonds is 6. The lowest BCUT2D eigenvalue weighted by Crippen LogP contribution is -2.44. The zero-order valence-electron chi connectivity index (χ0n) is 16.2. The van der Waals surface area contributed by atoms with Crippen LogP contribution in [0.15, 0.2) is 36.4 Å². The molecule has 2 aromatic rings. The van der Waals surface area contributed by atoms with E-state index in [1.54, 1.807) is 30.0 Å². The van der Waals surface area contributed by atoms with Crippen LogP contribution in [0.1, 0.15) is 30.6 Å². The Hall–Kier alpha value is -4.02. The highest BCUT2D eigenvalue weighted by molar-refractivity contribution is 6.06. The third kappa shape index (κ3) is 4.04. The van der Waals surface area contributed by atoms with Crippen LogP contribution in [-0.2, 0) is 4.79 Å². The summed E-state index contributed by atoms with van der Waals surface area (Å²) >= 11 is 0. The summed E-state index contributed by atoms with van der Waals surface area (Å²) in [6.07, 6.45) is 0.0844. The van der Waals surface area contributed by atoms with E-state index in [2.05, 4.69) is 5.32 Å². The van der Waals surface area contributed by atoms with Crippen LogP contribution in [0.2, 0.25) is 0 Å². The predicted molar refractivity (Wildman–Crippen MR) is 107 cm³/mol. The molecular formula is C19H18N4O7. The average Bonchev–Trinajstić information content (AvgIpc) is 2.71. The molecule has 1 aliphatic rings. The third-order valence-corrected chi connectivity index (χ3v) is 4.46. The van der Waals surface area contributed by atoms with Crippen LogP contribution in [0.3, 0.4) is 0 Å². The second-order valence-electron chi connectivity index (χ2n) is 6.64. The first-order valence-electron chi connectivity index (χ1n) is 9.08. The number of non-ortho nitro benzene ring substituents is 2. The van der Waals surface area contributed by atoms with E-state index in [9.17, 15) is 29.8 Å². The van der Waals surface area contributed by atoms with Gasteiger partial charge in [-0.15, -0.1) is 0 Å². The molecule has 3 rings (SSSR count). The number of hydrogen-bond donors (Lipinski definition) is 1. The summed E-state index contributed by atoms with van der Waals surface area (Å²) < 4.78 is 5.60. The molecule has 156 valence electrons. The molecule has 0 aliphatic carbocycles. The molecule has 0 fully saturated rings. The minimum absolute atomic E-state index is 0.206. The monoisotopic (exact) mass is 414 g/mol. The predicted octanol–water partition coefficient (Wildman–Crippen LogP) is 3.28. The first-order chi connectivity index (χ1) is 14.2. The maximum absolute atomic E-state index is 12.6. The van der Waals surface area contributed by atoms with Crippen molar-refractivity contribution >= 4 is 34.6 Å². The van der Waals surface area contributed by atoms with Gasteiger partial charge in [-0.2, -0.15) is 0 Å². The summed E-state index contributed by atoms with van der Waals surface area (Å²) in [5, 5.41) is 24.6. The molecular weight excluding hydrogens is 396 g/mol. The summed E-state index contributed by atoms with van der Waals surface area (Å²) in [6, 6.07) is 7.40. The van der Waals surface area contributed by atoms with Crippen LogP contribution in [-0.4, -0.2) is 34.3 Å². The molecule has 1 aliphatic heterocycles. The van der Waals surface area contributed by atoms with Crippen molar-refractivity contribution in [3.63, 3.8) is 0 Å². The highest BCUT2D eigenvalue weighted by Gasteiger charge is 2.31. The van der Waals surface area contributed by atoms with Gasteiger partial charge in [-0.3, -0.25) is 29.8 Å². The van der Waals surface area contributed by atoms with E-state index in [0.717, 1.165) is 18.2 Å². The van der Waals surface area contributed by atoms with Gasteiger partial charge in [0.15, 0.2) is 6.10 Å². The molecule has 1 atom stereocenters. The topological polar surface area (TPSA) is 145 Å². The molecule has 2 aromatic carbocycles. The molecule has 1 N–H and O–H groups in total. The highest BCUT2D eigenvalue weighted by Crippen LogP contribution is 2.36. The number of anilines is 2. The number of carbonyl (C=O) groups is 2. The molecule has 11 nitrogen and oxygen atoms in total. The van der Waals surface area contributed by atoms with E-state index in [4.69, 9.17) is 4.74 Å².